The molecule has 5 heteroatoms. The van der Waals surface area contributed by atoms with Gasteiger partial charge in [0.1, 0.15) is 6.42 Å². The van der Waals surface area contributed by atoms with Crippen LogP contribution in [0, 0.1) is 11.8 Å². The summed E-state index contributed by atoms with van der Waals surface area (Å²) < 4.78 is 0. The number of carboxylic acid groups (broad SMARTS) is 1. The standard InChI is InChI=1S/C9H6ClNO3/c10-7-4-6(9(14)11-5-7)2-1-3-8(12)13/h4-5H,3H2,(H,11,14)(H,12,13). The molecule has 1 aromatic rings. The average Bonchev–Trinajstić information content (AvgIpc) is 2.10. The maximum Gasteiger partial charge on any atom is 0.315 e. The summed E-state index contributed by atoms with van der Waals surface area (Å²) in [4.78, 5) is 23.6. The first kappa shape index (κ1) is 10.4. The summed E-state index contributed by atoms with van der Waals surface area (Å²) in [6.45, 7) is 0. The summed E-state index contributed by atoms with van der Waals surface area (Å²) >= 11 is 5.60. The fraction of sp³-hybridized carbons (Fsp3) is 0.111. The topological polar surface area (TPSA) is 70.2 Å². The third kappa shape index (κ3) is 2.96. The van der Waals surface area contributed by atoms with E-state index in [0.29, 0.717) is 5.02 Å². The van der Waals surface area contributed by atoms with E-state index < -0.39 is 5.97 Å². The van der Waals surface area contributed by atoms with E-state index in [2.05, 4.69) is 16.8 Å². The highest BCUT2D eigenvalue weighted by Crippen LogP contribution is 2.03. The molecule has 0 saturated heterocycles. The van der Waals surface area contributed by atoms with Crippen molar-refractivity contribution in [3.63, 3.8) is 0 Å². The largest absolute Gasteiger partial charge is 0.481 e. The minimum atomic E-state index is -1.03. The van der Waals surface area contributed by atoms with Crippen LogP contribution in [-0.2, 0) is 4.79 Å². The Morgan fingerprint density at radius 3 is 3.00 bits per heavy atom. The lowest BCUT2D eigenvalue weighted by atomic mass is 10.3. The van der Waals surface area contributed by atoms with Crippen molar-refractivity contribution in [3.8, 4) is 11.8 Å². The summed E-state index contributed by atoms with van der Waals surface area (Å²) in [5.74, 6) is 3.74. The number of carboxylic acids is 1. The molecule has 0 aliphatic rings. The van der Waals surface area contributed by atoms with Gasteiger partial charge in [-0.05, 0) is 6.07 Å². The van der Waals surface area contributed by atoms with Crippen LogP contribution in [0.1, 0.15) is 12.0 Å². The van der Waals surface area contributed by atoms with Crippen LogP contribution in [0.5, 0.6) is 0 Å². The lowest BCUT2D eigenvalue weighted by molar-refractivity contribution is -0.135. The van der Waals surface area contributed by atoms with Crippen LogP contribution in [0.25, 0.3) is 0 Å². The number of hydrogen-bond donors (Lipinski definition) is 2. The highest BCUT2D eigenvalue weighted by atomic mass is 35.5. The fourth-order valence-corrected chi connectivity index (χ4v) is 0.929. The minimum absolute atomic E-state index is 0.166. The lowest BCUT2D eigenvalue weighted by Crippen LogP contribution is -2.08. The van der Waals surface area contributed by atoms with Crippen molar-refractivity contribution in [3.05, 3.63) is 33.2 Å². The van der Waals surface area contributed by atoms with Crippen molar-refractivity contribution in [2.24, 2.45) is 0 Å². The van der Waals surface area contributed by atoms with Gasteiger partial charge >= 0.3 is 5.97 Å². The maximum absolute atomic E-state index is 11.1. The summed E-state index contributed by atoms with van der Waals surface area (Å²) in [5, 5.41) is 8.65. The Hall–Kier alpha value is -1.73. The van der Waals surface area contributed by atoms with Gasteiger partial charge in [-0.2, -0.15) is 0 Å². The Bertz CT molecular complexity index is 467. The van der Waals surface area contributed by atoms with E-state index in [-0.39, 0.29) is 17.5 Å². The number of aromatic amines is 1. The molecule has 2 N–H and O–H groups in total. The van der Waals surface area contributed by atoms with Crippen LogP contribution in [0.2, 0.25) is 5.02 Å². The Morgan fingerprint density at radius 2 is 2.36 bits per heavy atom. The summed E-state index contributed by atoms with van der Waals surface area (Å²) in [7, 11) is 0. The monoisotopic (exact) mass is 211 g/mol. The van der Waals surface area contributed by atoms with E-state index >= 15 is 0 Å². The number of pyridine rings is 1. The molecule has 0 unspecified atom stereocenters. The first-order valence-corrected chi connectivity index (χ1v) is 4.06. The molecule has 1 heterocycles. The predicted molar refractivity (Wildman–Crippen MR) is 51.2 cm³/mol. The van der Waals surface area contributed by atoms with E-state index in [1.165, 1.54) is 12.3 Å². The molecule has 0 aliphatic carbocycles. The Balaban J connectivity index is 2.94. The van der Waals surface area contributed by atoms with E-state index in [1.807, 2.05) is 0 Å². The quantitative estimate of drug-likeness (QED) is 0.677. The van der Waals surface area contributed by atoms with Crippen LogP contribution in [0.4, 0.5) is 0 Å². The highest BCUT2D eigenvalue weighted by molar-refractivity contribution is 6.30. The molecule has 0 aromatic carbocycles. The van der Waals surface area contributed by atoms with Gasteiger partial charge in [-0.15, -0.1) is 0 Å². The zero-order valence-corrected chi connectivity index (χ0v) is 7.76. The van der Waals surface area contributed by atoms with E-state index in [9.17, 15) is 9.59 Å². The van der Waals surface area contributed by atoms with Crippen molar-refractivity contribution in [1.82, 2.24) is 4.98 Å². The number of halogens is 1. The maximum atomic E-state index is 11.1. The lowest BCUT2D eigenvalue weighted by Gasteiger charge is -1.89. The minimum Gasteiger partial charge on any atom is -0.481 e. The molecule has 1 aromatic heterocycles. The molecular weight excluding hydrogens is 206 g/mol. The smallest absolute Gasteiger partial charge is 0.315 e. The van der Waals surface area contributed by atoms with Gasteiger partial charge in [-0.25, -0.2) is 0 Å². The molecule has 0 atom stereocenters. The number of hydrogen-bond acceptors (Lipinski definition) is 2. The number of aromatic nitrogens is 1. The molecule has 14 heavy (non-hydrogen) atoms. The van der Waals surface area contributed by atoms with Gasteiger partial charge in [0, 0.05) is 6.20 Å². The SMILES string of the molecule is O=C(O)CC#Cc1cc(Cl)c[nH]c1=O. The molecule has 0 radical (unpaired) electrons. The molecule has 1 rings (SSSR count). The van der Waals surface area contributed by atoms with Gasteiger partial charge in [-0.3, -0.25) is 9.59 Å². The summed E-state index contributed by atoms with van der Waals surface area (Å²) in [6, 6.07) is 1.38. The van der Waals surface area contributed by atoms with E-state index in [0.717, 1.165) is 0 Å². The zero-order valence-electron chi connectivity index (χ0n) is 7.00. The molecule has 0 amide bonds. The van der Waals surface area contributed by atoms with Gasteiger partial charge in [0.05, 0.1) is 10.6 Å². The second-order valence-corrected chi connectivity index (χ2v) is 2.87. The third-order valence-electron chi connectivity index (χ3n) is 1.33. The number of carbonyl (C=O) groups is 1. The van der Waals surface area contributed by atoms with Gasteiger partial charge in [0.2, 0.25) is 0 Å². The molecule has 4 nitrogen and oxygen atoms in total. The van der Waals surface area contributed by atoms with Crippen LogP contribution in [0.15, 0.2) is 17.1 Å². The molecule has 0 saturated carbocycles. The molecular formula is C9H6ClNO3. The van der Waals surface area contributed by atoms with Crippen molar-refractivity contribution in [2.45, 2.75) is 6.42 Å². The molecule has 0 fully saturated rings. The van der Waals surface area contributed by atoms with Crippen LogP contribution in [0.3, 0.4) is 0 Å². The molecule has 72 valence electrons. The van der Waals surface area contributed by atoms with Crippen LogP contribution >= 0.6 is 11.6 Å². The van der Waals surface area contributed by atoms with Gasteiger partial charge in [0.25, 0.3) is 5.56 Å². The number of H-pyrrole nitrogens is 1. The number of nitrogens with one attached hydrogen (secondary N) is 1. The Morgan fingerprint density at radius 1 is 1.64 bits per heavy atom. The number of rotatable bonds is 1. The van der Waals surface area contributed by atoms with Crippen LogP contribution in [-0.4, -0.2) is 16.1 Å². The van der Waals surface area contributed by atoms with Crippen LogP contribution < -0.4 is 5.56 Å². The van der Waals surface area contributed by atoms with Crippen molar-refractivity contribution >= 4 is 17.6 Å². The van der Waals surface area contributed by atoms with Crippen molar-refractivity contribution < 1.29 is 9.90 Å². The first-order chi connectivity index (χ1) is 6.59. The zero-order chi connectivity index (χ0) is 10.6. The van der Waals surface area contributed by atoms with E-state index in [1.54, 1.807) is 0 Å². The molecule has 0 bridgehead atoms. The van der Waals surface area contributed by atoms with Gasteiger partial charge in [0.15, 0.2) is 0 Å². The Kier molecular flexibility index (Phi) is 3.32. The third-order valence-corrected chi connectivity index (χ3v) is 1.55. The molecule has 0 aliphatic heterocycles. The van der Waals surface area contributed by atoms with Gasteiger partial charge in [-0.1, -0.05) is 23.4 Å². The van der Waals surface area contributed by atoms with Crippen molar-refractivity contribution in [1.29, 1.82) is 0 Å². The first-order valence-electron chi connectivity index (χ1n) is 3.68. The normalized spacial score (nSPS) is 8.93. The molecule has 0 spiro atoms. The van der Waals surface area contributed by atoms with Gasteiger partial charge < -0.3 is 10.1 Å². The highest BCUT2D eigenvalue weighted by Gasteiger charge is 1.96. The second kappa shape index (κ2) is 4.49. The predicted octanol–water partition coefficient (Wildman–Crippen LogP) is 0.855. The second-order valence-electron chi connectivity index (χ2n) is 2.43. The number of aliphatic carboxylic acids is 1. The summed E-state index contributed by atoms with van der Waals surface area (Å²) in [6.07, 6.45) is 1.04. The van der Waals surface area contributed by atoms with E-state index in [4.69, 9.17) is 16.7 Å². The average molecular weight is 212 g/mol. The van der Waals surface area contributed by atoms with Crippen molar-refractivity contribution in [2.75, 3.05) is 0 Å². The summed E-state index contributed by atoms with van der Waals surface area (Å²) in [5.41, 5.74) is -0.217. The Labute approximate surface area is 84.5 Å². The fourth-order valence-electron chi connectivity index (χ4n) is 0.765.